The van der Waals surface area contributed by atoms with E-state index in [0.717, 1.165) is 4.90 Å². The van der Waals surface area contributed by atoms with Gasteiger partial charge in [0.2, 0.25) is 11.7 Å². The molecule has 1 aromatic heterocycles. The van der Waals surface area contributed by atoms with Crippen molar-refractivity contribution in [3.63, 3.8) is 0 Å². The van der Waals surface area contributed by atoms with Crippen molar-refractivity contribution in [2.45, 2.75) is 23.5 Å². The Kier molecular flexibility index (Phi) is 5.08. The molecule has 0 fully saturated rings. The van der Waals surface area contributed by atoms with E-state index in [0.29, 0.717) is 16.6 Å². The fourth-order valence-corrected chi connectivity index (χ4v) is 2.43. The molecule has 2 aromatic rings. The summed E-state index contributed by atoms with van der Waals surface area (Å²) in [5, 5.41) is 4.23. The Morgan fingerprint density at radius 2 is 2.15 bits per heavy atom. The molecule has 0 atom stereocenters. The molecule has 0 aliphatic heterocycles. The molecule has 0 spiro atoms. The Morgan fingerprint density at radius 1 is 1.40 bits per heavy atom. The lowest BCUT2D eigenvalue weighted by atomic mass is 10.3. The summed E-state index contributed by atoms with van der Waals surface area (Å²) >= 11 is 7.37. The summed E-state index contributed by atoms with van der Waals surface area (Å²) in [6.45, 7) is 0. The highest BCUT2D eigenvalue weighted by atomic mass is 35.5. The van der Waals surface area contributed by atoms with E-state index >= 15 is 0 Å². The SMILES string of the molecule is O=C(Cc1nc(CSc2ccccc2Cl)no1)C(F)F. The van der Waals surface area contributed by atoms with Crippen LogP contribution in [-0.4, -0.2) is 22.3 Å². The molecule has 2 rings (SSSR count). The smallest absolute Gasteiger partial charge is 0.296 e. The summed E-state index contributed by atoms with van der Waals surface area (Å²) < 4.78 is 28.9. The van der Waals surface area contributed by atoms with Gasteiger partial charge in [-0.1, -0.05) is 28.9 Å². The molecule has 8 heteroatoms. The summed E-state index contributed by atoms with van der Waals surface area (Å²) in [5.41, 5.74) is 0. The number of ketones is 1. The van der Waals surface area contributed by atoms with Crippen molar-refractivity contribution in [2.24, 2.45) is 0 Å². The molecule has 0 radical (unpaired) electrons. The highest BCUT2D eigenvalue weighted by Crippen LogP contribution is 2.28. The summed E-state index contributed by atoms with van der Waals surface area (Å²) in [5.74, 6) is -0.646. The van der Waals surface area contributed by atoms with Crippen LogP contribution in [0.15, 0.2) is 33.7 Å². The highest BCUT2D eigenvalue weighted by Gasteiger charge is 2.19. The number of rotatable bonds is 6. The molecule has 0 aliphatic rings. The van der Waals surface area contributed by atoms with E-state index in [2.05, 4.69) is 10.1 Å². The van der Waals surface area contributed by atoms with Crippen LogP contribution in [0.4, 0.5) is 8.78 Å². The first-order valence-corrected chi connectivity index (χ1v) is 6.92. The lowest BCUT2D eigenvalue weighted by Crippen LogP contribution is -2.12. The Bertz CT molecular complexity index is 607. The van der Waals surface area contributed by atoms with E-state index in [-0.39, 0.29) is 5.89 Å². The third-order valence-corrected chi connectivity index (χ3v) is 3.78. The van der Waals surface area contributed by atoms with E-state index < -0.39 is 18.6 Å². The van der Waals surface area contributed by atoms with Crippen LogP contribution in [-0.2, 0) is 17.0 Å². The Labute approximate surface area is 122 Å². The summed E-state index contributed by atoms with van der Waals surface area (Å²) in [6.07, 6.45) is -3.58. The zero-order chi connectivity index (χ0) is 14.5. The predicted octanol–water partition coefficient (Wildman–Crippen LogP) is 3.39. The molecule has 0 saturated heterocycles. The average Bonchev–Trinajstić information content (AvgIpc) is 2.85. The van der Waals surface area contributed by atoms with Gasteiger partial charge in [0.1, 0.15) is 0 Å². The number of carbonyl (C=O) groups is 1. The van der Waals surface area contributed by atoms with Crippen LogP contribution < -0.4 is 0 Å². The maximum Gasteiger partial charge on any atom is 0.296 e. The fourth-order valence-electron chi connectivity index (χ4n) is 1.35. The van der Waals surface area contributed by atoms with Gasteiger partial charge in [-0.15, -0.1) is 11.8 Å². The lowest BCUT2D eigenvalue weighted by molar-refractivity contribution is -0.129. The topological polar surface area (TPSA) is 56.0 Å². The second kappa shape index (κ2) is 6.81. The van der Waals surface area contributed by atoms with Gasteiger partial charge in [-0.3, -0.25) is 4.79 Å². The standard InChI is InChI=1S/C12H9ClF2N2O2S/c13-7-3-1-2-4-9(7)20-6-10-16-11(19-17-10)5-8(18)12(14)15/h1-4,12H,5-6H2. The monoisotopic (exact) mass is 318 g/mol. The number of Topliss-reactive ketones (excluding diaryl/α,β-unsaturated/α-hetero) is 1. The molecular formula is C12H9ClF2N2O2S. The van der Waals surface area contributed by atoms with Crippen LogP contribution >= 0.6 is 23.4 Å². The van der Waals surface area contributed by atoms with Crippen molar-refractivity contribution in [2.75, 3.05) is 0 Å². The van der Waals surface area contributed by atoms with Gasteiger partial charge in [0, 0.05) is 4.90 Å². The Balaban J connectivity index is 1.93. The van der Waals surface area contributed by atoms with Gasteiger partial charge in [0.15, 0.2) is 5.82 Å². The number of hydrogen-bond acceptors (Lipinski definition) is 5. The first-order chi connectivity index (χ1) is 9.56. The van der Waals surface area contributed by atoms with Crippen LogP contribution in [0.25, 0.3) is 0 Å². The Morgan fingerprint density at radius 3 is 2.85 bits per heavy atom. The van der Waals surface area contributed by atoms with Crippen LogP contribution in [0, 0.1) is 0 Å². The zero-order valence-corrected chi connectivity index (χ0v) is 11.6. The number of nitrogens with zero attached hydrogens (tertiary/aromatic N) is 2. The van der Waals surface area contributed by atoms with Crippen molar-refractivity contribution in [3.05, 3.63) is 41.0 Å². The van der Waals surface area contributed by atoms with Crippen LogP contribution in [0.1, 0.15) is 11.7 Å². The molecule has 0 unspecified atom stereocenters. The van der Waals surface area contributed by atoms with E-state index in [4.69, 9.17) is 16.1 Å². The molecule has 0 bridgehead atoms. The van der Waals surface area contributed by atoms with Gasteiger partial charge in [-0.2, -0.15) is 4.98 Å². The van der Waals surface area contributed by atoms with Crippen molar-refractivity contribution in [1.82, 2.24) is 10.1 Å². The predicted molar refractivity (Wildman–Crippen MR) is 70.0 cm³/mol. The van der Waals surface area contributed by atoms with Gasteiger partial charge >= 0.3 is 0 Å². The lowest BCUT2D eigenvalue weighted by Gasteiger charge is -2.00. The third-order valence-electron chi connectivity index (χ3n) is 2.27. The minimum Gasteiger partial charge on any atom is -0.339 e. The van der Waals surface area contributed by atoms with E-state index in [1.165, 1.54) is 11.8 Å². The van der Waals surface area contributed by atoms with Crippen molar-refractivity contribution < 1.29 is 18.1 Å². The number of halogens is 3. The van der Waals surface area contributed by atoms with Gasteiger partial charge < -0.3 is 4.52 Å². The number of hydrogen-bond donors (Lipinski definition) is 0. The summed E-state index contributed by atoms with van der Waals surface area (Å²) in [4.78, 5) is 15.6. The summed E-state index contributed by atoms with van der Waals surface area (Å²) in [6, 6.07) is 7.26. The van der Waals surface area contributed by atoms with Crippen LogP contribution in [0.3, 0.4) is 0 Å². The number of aromatic nitrogens is 2. The molecule has 1 heterocycles. The second-order valence-electron chi connectivity index (χ2n) is 3.77. The zero-order valence-electron chi connectivity index (χ0n) is 10.1. The molecular weight excluding hydrogens is 310 g/mol. The van der Waals surface area contributed by atoms with Crippen molar-refractivity contribution >= 4 is 29.1 Å². The molecule has 0 saturated carbocycles. The fraction of sp³-hybridized carbons (Fsp3) is 0.250. The molecule has 1 aromatic carbocycles. The third kappa shape index (κ3) is 4.01. The Hall–Kier alpha value is -1.47. The first-order valence-electron chi connectivity index (χ1n) is 5.56. The van der Waals surface area contributed by atoms with Gasteiger partial charge in [0.05, 0.1) is 17.2 Å². The van der Waals surface area contributed by atoms with E-state index in [1.807, 2.05) is 18.2 Å². The number of benzene rings is 1. The average molecular weight is 319 g/mol. The van der Waals surface area contributed by atoms with E-state index in [1.54, 1.807) is 6.07 Å². The largest absolute Gasteiger partial charge is 0.339 e. The number of thioether (sulfide) groups is 1. The quantitative estimate of drug-likeness (QED) is 0.764. The molecule has 0 N–H and O–H groups in total. The maximum absolute atomic E-state index is 12.1. The molecule has 106 valence electrons. The normalized spacial score (nSPS) is 11.0. The highest BCUT2D eigenvalue weighted by molar-refractivity contribution is 7.98. The van der Waals surface area contributed by atoms with Gasteiger partial charge in [-0.25, -0.2) is 8.78 Å². The van der Waals surface area contributed by atoms with Crippen molar-refractivity contribution in [3.8, 4) is 0 Å². The summed E-state index contributed by atoms with van der Waals surface area (Å²) in [7, 11) is 0. The van der Waals surface area contributed by atoms with Crippen LogP contribution in [0.2, 0.25) is 5.02 Å². The molecule has 0 amide bonds. The van der Waals surface area contributed by atoms with Gasteiger partial charge in [0.25, 0.3) is 6.43 Å². The van der Waals surface area contributed by atoms with E-state index in [9.17, 15) is 13.6 Å². The van der Waals surface area contributed by atoms with Gasteiger partial charge in [-0.05, 0) is 12.1 Å². The molecule has 4 nitrogen and oxygen atoms in total. The minimum absolute atomic E-state index is 0.106. The minimum atomic E-state index is -3.03. The maximum atomic E-state index is 12.1. The van der Waals surface area contributed by atoms with Crippen molar-refractivity contribution in [1.29, 1.82) is 0 Å². The second-order valence-corrected chi connectivity index (χ2v) is 5.19. The van der Waals surface area contributed by atoms with Crippen LogP contribution in [0.5, 0.6) is 0 Å². The number of carbonyl (C=O) groups excluding carboxylic acids is 1. The molecule has 20 heavy (non-hydrogen) atoms. The first kappa shape index (κ1) is 14.9. The number of alkyl halides is 2. The molecule has 0 aliphatic carbocycles.